The number of halogens is 4. The average Bonchev–Trinajstić information content (AvgIpc) is 2.25. The van der Waals surface area contributed by atoms with Crippen LogP contribution < -0.4 is 10.5 Å². The summed E-state index contributed by atoms with van der Waals surface area (Å²) < 4.78 is 57.9. The highest BCUT2D eigenvalue weighted by atomic mass is 19.3. The van der Waals surface area contributed by atoms with Crippen molar-refractivity contribution in [3.05, 3.63) is 23.4 Å². The lowest BCUT2D eigenvalue weighted by atomic mass is 9.70. The molecule has 1 spiro atoms. The monoisotopic (exact) mass is 304 g/mol. The second kappa shape index (κ2) is 4.32. The summed E-state index contributed by atoms with van der Waals surface area (Å²) in [7, 11) is 0. The molecule has 0 radical (unpaired) electrons. The Morgan fingerprint density at radius 3 is 2.67 bits per heavy atom. The Kier molecular flexibility index (Phi) is 2.99. The molecule has 0 amide bonds. The minimum atomic E-state index is -2.84. The number of pyridine rings is 1. The Hall–Kier alpha value is -1.37. The fourth-order valence-corrected chi connectivity index (χ4v) is 3.19. The maximum atomic E-state index is 13.1. The van der Waals surface area contributed by atoms with Crippen LogP contribution in [0.5, 0.6) is 5.88 Å². The number of alkyl halides is 4. The summed E-state index contributed by atoms with van der Waals surface area (Å²) in [5, 5.41) is 0. The molecule has 1 aromatic rings. The zero-order valence-corrected chi connectivity index (χ0v) is 11.5. The number of aromatic nitrogens is 1. The number of nitrogens with zero attached hydrogens (tertiary/aromatic N) is 1. The quantitative estimate of drug-likeness (QED) is 0.853. The first kappa shape index (κ1) is 14.6. The van der Waals surface area contributed by atoms with Crippen molar-refractivity contribution in [2.45, 2.75) is 56.1 Å². The molecule has 0 bridgehead atoms. The highest BCUT2D eigenvalue weighted by Gasteiger charge is 2.60. The van der Waals surface area contributed by atoms with Crippen molar-refractivity contribution in [1.82, 2.24) is 4.98 Å². The van der Waals surface area contributed by atoms with E-state index in [0.29, 0.717) is 11.1 Å². The molecule has 1 aliphatic carbocycles. The minimum Gasteiger partial charge on any atom is -0.470 e. The predicted molar refractivity (Wildman–Crippen MR) is 67.6 cm³/mol. The number of rotatable bonds is 2. The van der Waals surface area contributed by atoms with Gasteiger partial charge in [-0.05, 0) is 18.6 Å². The normalized spacial score (nSPS) is 25.9. The molecule has 2 heterocycles. The predicted octanol–water partition coefficient (Wildman–Crippen LogP) is 3.23. The molecule has 0 aromatic carbocycles. The Morgan fingerprint density at radius 2 is 2.10 bits per heavy atom. The van der Waals surface area contributed by atoms with Crippen molar-refractivity contribution < 1.29 is 22.3 Å². The molecular formula is C14H16F4N2O. The van der Waals surface area contributed by atoms with Gasteiger partial charge in [-0.2, -0.15) is 0 Å². The molecule has 3 nitrogen and oxygen atoms in total. The van der Waals surface area contributed by atoms with Gasteiger partial charge in [0.25, 0.3) is 5.92 Å². The van der Waals surface area contributed by atoms with E-state index in [1.54, 1.807) is 0 Å². The van der Waals surface area contributed by atoms with Crippen molar-refractivity contribution in [3.63, 3.8) is 0 Å². The van der Waals surface area contributed by atoms with Crippen molar-refractivity contribution in [2.24, 2.45) is 5.73 Å². The maximum absolute atomic E-state index is 13.1. The third kappa shape index (κ3) is 2.84. The van der Waals surface area contributed by atoms with Gasteiger partial charge < -0.3 is 10.5 Å². The lowest BCUT2D eigenvalue weighted by Crippen LogP contribution is -2.58. The van der Waals surface area contributed by atoms with Crippen LogP contribution in [-0.4, -0.2) is 22.4 Å². The van der Waals surface area contributed by atoms with Gasteiger partial charge in [0.1, 0.15) is 5.60 Å². The lowest BCUT2D eigenvalue weighted by molar-refractivity contribution is -0.202. The molecule has 0 saturated heterocycles. The smallest absolute Gasteiger partial charge is 0.255 e. The van der Waals surface area contributed by atoms with Crippen LogP contribution >= 0.6 is 0 Å². The largest absolute Gasteiger partial charge is 0.470 e. The van der Waals surface area contributed by atoms with E-state index >= 15 is 0 Å². The van der Waals surface area contributed by atoms with Crippen molar-refractivity contribution in [1.29, 1.82) is 0 Å². The molecule has 1 aromatic heterocycles. The van der Waals surface area contributed by atoms with Crippen LogP contribution in [0.15, 0.2) is 12.3 Å². The van der Waals surface area contributed by atoms with E-state index in [9.17, 15) is 17.6 Å². The number of ether oxygens (including phenoxy) is 1. The van der Waals surface area contributed by atoms with E-state index < -0.39 is 29.9 Å². The highest BCUT2D eigenvalue weighted by Crippen LogP contribution is 2.54. The first-order valence-electron chi connectivity index (χ1n) is 6.77. The second-order valence-corrected chi connectivity index (χ2v) is 6.29. The van der Waals surface area contributed by atoms with Gasteiger partial charge in [0, 0.05) is 30.6 Å². The molecule has 3 rings (SSSR count). The zero-order valence-electron chi connectivity index (χ0n) is 11.5. The standard InChI is InChI=1S/C14H16F4N2O/c1-12(15,16)3-8-2-9-10(19)4-13(6-14(17,18)7-13)21-11(9)20-5-8/h2,5,10H,3-4,6-7,19H2,1H3. The van der Waals surface area contributed by atoms with E-state index in [1.165, 1.54) is 12.3 Å². The van der Waals surface area contributed by atoms with Gasteiger partial charge in [-0.25, -0.2) is 22.5 Å². The SMILES string of the molecule is CC(F)(F)Cc1cnc2c(c1)C(N)CC1(CC(F)(F)C1)O2. The van der Waals surface area contributed by atoms with Gasteiger partial charge in [0.15, 0.2) is 0 Å². The van der Waals surface area contributed by atoms with Gasteiger partial charge in [0.2, 0.25) is 11.8 Å². The molecule has 2 N–H and O–H groups in total. The number of fused-ring (bicyclic) bond motifs is 1. The van der Waals surface area contributed by atoms with E-state index in [4.69, 9.17) is 10.5 Å². The lowest BCUT2D eigenvalue weighted by Gasteiger charge is -2.50. The number of nitrogens with two attached hydrogens (primary N) is 1. The molecule has 2 aliphatic rings. The highest BCUT2D eigenvalue weighted by molar-refractivity contribution is 5.37. The molecule has 1 fully saturated rings. The Balaban J connectivity index is 1.84. The van der Waals surface area contributed by atoms with Crippen LogP contribution in [0.1, 0.15) is 43.4 Å². The van der Waals surface area contributed by atoms with Crippen LogP contribution in [0, 0.1) is 0 Å². The van der Waals surface area contributed by atoms with E-state index in [-0.39, 0.29) is 25.1 Å². The maximum Gasteiger partial charge on any atom is 0.255 e. The Bertz CT molecular complexity index is 563. The summed E-state index contributed by atoms with van der Waals surface area (Å²) in [5.41, 5.74) is 5.91. The average molecular weight is 304 g/mol. The van der Waals surface area contributed by atoms with Gasteiger partial charge in [-0.15, -0.1) is 0 Å². The van der Waals surface area contributed by atoms with Gasteiger partial charge in [-0.3, -0.25) is 0 Å². The number of hydrogen-bond donors (Lipinski definition) is 1. The summed E-state index contributed by atoms with van der Waals surface area (Å²) in [6.45, 7) is 0.828. The molecule has 1 saturated carbocycles. The van der Waals surface area contributed by atoms with Gasteiger partial charge in [0.05, 0.1) is 12.8 Å². The van der Waals surface area contributed by atoms with Crippen molar-refractivity contribution >= 4 is 0 Å². The zero-order chi connectivity index (χ0) is 15.5. The molecular weight excluding hydrogens is 288 g/mol. The van der Waals surface area contributed by atoms with Crippen LogP contribution in [0.2, 0.25) is 0 Å². The second-order valence-electron chi connectivity index (χ2n) is 6.29. The van der Waals surface area contributed by atoms with E-state index in [1.807, 2.05) is 0 Å². The molecule has 1 atom stereocenters. The molecule has 1 unspecified atom stereocenters. The fraction of sp³-hybridized carbons (Fsp3) is 0.643. The first-order valence-corrected chi connectivity index (χ1v) is 6.77. The van der Waals surface area contributed by atoms with Crippen LogP contribution in [-0.2, 0) is 6.42 Å². The van der Waals surface area contributed by atoms with Crippen LogP contribution in [0.3, 0.4) is 0 Å². The van der Waals surface area contributed by atoms with Crippen molar-refractivity contribution in [2.75, 3.05) is 0 Å². The van der Waals surface area contributed by atoms with Crippen LogP contribution in [0.4, 0.5) is 17.6 Å². The minimum absolute atomic E-state index is 0.187. The van der Waals surface area contributed by atoms with Crippen LogP contribution in [0.25, 0.3) is 0 Å². The van der Waals surface area contributed by atoms with Crippen molar-refractivity contribution in [3.8, 4) is 5.88 Å². The fourth-order valence-electron chi connectivity index (χ4n) is 3.19. The Labute approximate surface area is 119 Å². The molecule has 116 valence electrons. The summed E-state index contributed by atoms with van der Waals surface area (Å²) >= 11 is 0. The number of hydrogen-bond acceptors (Lipinski definition) is 3. The van der Waals surface area contributed by atoms with Gasteiger partial charge >= 0.3 is 0 Å². The van der Waals surface area contributed by atoms with E-state index in [2.05, 4.69) is 4.98 Å². The third-order valence-corrected chi connectivity index (χ3v) is 3.92. The topological polar surface area (TPSA) is 48.1 Å². The molecule has 1 aliphatic heterocycles. The van der Waals surface area contributed by atoms with E-state index in [0.717, 1.165) is 6.92 Å². The molecule has 21 heavy (non-hydrogen) atoms. The van der Waals surface area contributed by atoms with Gasteiger partial charge in [-0.1, -0.05) is 0 Å². The summed E-state index contributed by atoms with van der Waals surface area (Å²) in [4.78, 5) is 4.00. The summed E-state index contributed by atoms with van der Waals surface area (Å²) in [6, 6.07) is 1.01. The Morgan fingerprint density at radius 1 is 1.43 bits per heavy atom. The summed E-state index contributed by atoms with van der Waals surface area (Å²) in [5.74, 6) is -5.37. The first-order chi connectivity index (χ1) is 9.58. The third-order valence-electron chi connectivity index (χ3n) is 3.92. The summed E-state index contributed by atoms with van der Waals surface area (Å²) in [6.07, 6.45) is 0.360. The molecule has 7 heteroatoms.